The second-order valence-electron chi connectivity index (χ2n) is 6.32. The van der Waals surface area contributed by atoms with Crippen molar-refractivity contribution < 1.29 is 4.79 Å². The molecule has 0 saturated heterocycles. The number of aromatic nitrogens is 4. The number of halogens is 1. The van der Waals surface area contributed by atoms with E-state index in [0.29, 0.717) is 12.2 Å². The number of carbonyl (C=O) groups is 1. The van der Waals surface area contributed by atoms with Crippen LogP contribution in [0.25, 0.3) is 0 Å². The molecule has 1 aliphatic rings. The average molecular weight is 364 g/mol. The number of aryl methyl sites for hydroxylation is 3. The number of carbonyl (C=O) groups excluding carboxylic acids is 1. The Labute approximate surface area is 150 Å². The SMILES string of the molecule is Cc1[nH]cc(C(=O)NCCCc2nnc3n2CCCCC3)c(=O)c1Cl. The topological polar surface area (TPSA) is 92.7 Å². The predicted octanol–water partition coefficient (Wildman–Crippen LogP) is 2.02. The number of rotatable bonds is 5. The maximum atomic E-state index is 12.1. The highest BCUT2D eigenvalue weighted by atomic mass is 35.5. The van der Waals surface area contributed by atoms with Crippen LogP contribution >= 0.6 is 11.6 Å². The molecule has 0 spiro atoms. The number of pyridine rings is 1. The smallest absolute Gasteiger partial charge is 0.256 e. The fourth-order valence-electron chi connectivity index (χ4n) is 3.04. The Bertz CT molecular complexity index is 827. The number of fused-ring (bicyclic) bond motifs is 1. The highest BCUT2D eigenvalue weighted by Crippen LogP contribution is 2.15. The summed E-state index contributed by atoms with van der Waals surface area (Å²) in [6.07, 6.45) is 7.43. The molecule has 7 nitrogen and oxygen atoms in total. The van der Waals surface area contributed by atoms with Crippen LogP contribution in [0.2, 0.25) is 5.02 Å². The van der Waals surface area contributed by atoms with Crippen molar-refractivity contribution in [3.8, 4) is 0 Å². The molecule has 0 aliphatic carbocycles. The third-order valence-electron chi connectivity index (χ3n) is 4.50. The van der Waals surface area contributed by atoms with E-state index in [2.05, 4.69) is 25.1 Å². The minimum Gasteiger partial charge on any atom is -0.363 e. The molecule has 2 aromatic rings. The fourth-order valence-corrected chi connectivity index (χ4v) is 3.20. The maximum absolute atomic E-state index is 12.1. The van der Waals surface area contributed by atoms with Crippen LogP contribution in [0.15, 0.2) is 11.0 Å². The summed E-state index contributed by atoms with van der Waals surface area (Å²) in [5.41, 5.74) is 0.140. The normalized spacial score (nSPS) is 14.0. The molecule has 0 aromatic carbocycles. The molecule has 2 aromatic heterocycles. The zero-order chi connectivity index (χ0) is 17.8. The van der Waals surface area contributed by atoms with E-state index in [-0.39, 0.29) is 10.6 Å². The monoisotopic (exact) mass is 363 g/mol. The van der Waals surface area contributed by atoms with Crippen molar-refractivity contribution in [2.24, 2.45) is 0 Å². The molecular weight excluding hydrogens is 342 g/mol. The van der Waals surface area contributed by atoms with Gasteiger partial charge in [0, 0.05) is 37.8 Å². The number of H-pyrrole nitrogens is 1. The first-order chi connectivity index (χ1) is 12.1. The Hall–Kier alpha value is -2.15. The first-order valence-corrected chi connectivity index (χ1v) is 9.02. The van der Waals surface area contributed by atoms with Gasteiger partial charge in [0.2, 0.25) is 5.43 Å². The molecule has 1 aliphatic heterocycles. The largest absolute Gasteiger partial charge is 0.363 e. The first-order valence-electron chi connectivity index (χ1n) is 8.65. The maximum Gasteiger partial charge on any atom is 0.256 e. The summed E-state index contributed by atoms with van der Waals surface area (Å²) in [7, 11) is 0. The van der Waals surface area contributed by atoms with Crippen molar-refractivity contribution in [3.63, 3.8) is 0 Å². The van der Waals surface area contributed by atoms with E-state index < -0.39 is 11.3 Å². The van der Waals surface area contributed by atoms with Crippen molar-refractivity contribution in [3.05, 3.63) is 44.3 Å². The van der Waals surface area contributed by atoms with Crippen LogP contribution in [0.3, 0.4) is 0 Å². The fraction of sp³-hybridized carbons (Fsp3) is 0.529. The number of amides is 1. The van der Waals surface area contributed by atoms with Crippen LogP contribution in [0.4, 0.5) is 0 Å². The lowest BCUT2D eigenvalue weighted by molar-refractivity contribution is 0.0951. The van der Waals surface area contributed by atoms with Gasteiger partial charge in [-0.05, 0) is 26.2 Å². The van der Waals surface area contributed by atoms with Gasteiger partial charge < -0.3 is 14.9 Å². The standard InChI is InChI=1S/C17H22ClN5O2/c1-11-15(18)16(24)12(10-20-11)17(25)19-8-5-7-14-22-21-13-6-3-2-4-9-23(13)14/h10H,2-9H2,1H3,(H,19,25)(H,20,24). The molecule has 3 rings (SSSR count). The van der Waals surface area contributed by atoms with E-state index >= 15 is 0 Å². The van der Waals surface area contributed by atoms with Gasteiger partial charge in [-0.25, -0.2) is 0 Å². The minimum atomic E-state index is -0.446. The Kier molecular flexibility index (Phi) is 5.53. The van der Waals surface area contributed by atoms with Crippen molar-refractivity contribution in [1.29, 1.82) is 0 Å². The molecule has 0 bridgehead atoms. The van der Waals surface area contributed by atoms with Gasteiger partial charge in [-0.3, -0.25) is 9.59 Å². The first kappa shape index (κ1) is 17.7. The summed E-state index contributed by atoms with van der Waals surface area (Å²) in [5.74, 6) is 1.63. The number of hydrogen-bond donors (Lipinski definition) is 2. The number of hydrogen-bond acceptors (Lipinski definition) is 4. The molecule has 0 fully saturated rings. The minimum absolute atomic E-state index is 0.0342. The predicted molar refractivity (Wildman–Crippen MR) is 95.0 cm³/mol. The highest BCUT2D eigenvalue weighted by Gasteiger charge is 2.16. The van der Waals surface area contributed by atoms with Gasteiger partial charge in [-0.15, -0.1) is 10.2 Å². The summed E-state index contributed by atoms with van der Waals surface area (Å²) >= 11 is 5.89. The van der Waals surface area contributed by atoms with Gasteiger partial charge >= 0.3 is 0 Å². The number of aromatic amines is 1. The number of nitrogens with zero attached hydrogens (tertiary/aromatic N) is 3. The van der Waals surface area contributed by atoms with E-state index in [4.69, 9.17) is 11.6 Å². The lowest BCUT2D eigenvalue weighted by Gasteiger charge is -2.08. The summed E-state index contributed by atoms with van der Waals surface area (Å²) in [4.78, 5) is 27.0. The average Bonchev–Trinajstić information content (AvgIpc) is 2.83. The van der Waals surface area contributed by atoms with Crippen molar-refractivity contribution in [2.45, 2.75) is 52.0 Å². The lowest BCUT2D eigenvalue weighted by Crippen LogP contribution is -2.30. The molecule has 134 valence electrons. The quantitative estimate of drug-likeness (QED) is 0.795. The molecular formula is C17H22ClN5O2. The van der Waals surface area contributed by atoms with Crippen LogP contribution in [0.1, 0.15) is 53.4 Å². The van der Waals surface area contributed by atoms with Crippen LogP contribution in [0.5, 0.6) is 0 Å². The Morgan fingerprint density at radius 3 is 3.04 bits per heavy atom. The Morgan fingerprint density at radius 1 is 1.36 bits per heavy atom. The molecule has 8 heteroatoms. The second-order valence-corrected chi connectivity index (χ2v) is 6.70. The second kappa shape index (κ2) is 7.82. The number of nitrogens with one attached hydrogen (secondary N) is 2. The van der Waals surface area contributed by atoms with Crippen LogP contribution in [-0.4, -0.2) is 32.2 Å². The highest BCUT2D eigenvalue weighted by molar-refractivity contribution is 6.31. The summed E-state index contributed by atoms with van der Waals surface area (Å²) < 4.78 is 2.21. The molecule has 0 unspecified atom stereocenters. The summed E-state index contributed by atoms with van der Waals surface area (Å²) in [6, 6.07) is 0. The van der Waals surface area contributed by atoms with E-state index in [1.165, 1.54) is 19.0 Å². The zero-order valence-electron chi connectivity index (χ0n) is 14.3. The molecule has 2 N–H and O–H groups in total. The van der Waals surface area contributed by atoms with Crippen molar-refractivity contribution >= 4 is 17.5 Å². The van der Waals surface area contributed by atoms with E-state index in [1.807, 2.05) is 0 Å². The van der Waals surface area contributed by atoms with Gasteiger partial charge in [0.25, 0.3) is 5.91 Å². The summed E-state index contributed by atoms with van der Waals surface area (Å²) in [5, 5.41) is 11.4. The van der Waals surface area contributed by atoms with Gasteiger partial charge in [-0.2, -0.15) is 0 Å². The van der Waals surface area contributed by atoms with Gasteiger partial charge in [0.15, 0.2) is 0 Å². The van der Waals surface area contributed by atoms with Crippen molar-refractivity contribution in [1.82, 2.24) is 25.1 Å². The summed E-state index contributed by atoms with van der Waals surface area (Å²) in [6.45, 7) is 3.13. The molecule has 0 saturated carbocycles. The molecule has 0 atom stereocenters. The Morgan fingerprint density at radius 2 is 2.20 bits per heavy atom. The molecule has 3 heterocycles. The lowest BCUT2D eigenvalue weighted by atomic mass is 10.2. The van der Waals surface area contributed by atoms with Crippen LogP contribution in [-0.2, 0) is 19.4 Å². The van der Waals surface area contributed by atoms with Gasteiger partial charge in [-0.1, -0.05) is 18.0 Å². The molecule has 1 amide bonds. The van der Waals surface area contributed by atoms with E-state index in [0.717, 1.165) is 43.9 Å². The van der Waals surface area contributed by atoms with E-state index in [9.17, 15) is 9.59 Å². The van der Waals surface area contributed by atoms with Crippen LogP contribution < -0.4 is 10.7 Å². The van der Waals surface area contributed by atoms with Gasteiger partial charge in [0.1, 0.15) is 22.2 Å². The van der Waals surface area contributed by atoms with E-state index in [1.54, 1.807) is 6.92 Å². The van der Waals surface area contributed by atoms with Gasteiger partial charge in [0.05, 0.1) is 0 Å². The third kappa shape index (κ3) is 3.92. The van der Waals surface area contributed by atoms with Crippen LogP contribution in [0, 0.1) is 6.92 Å². The zero-order valence-corrected chi connectivity index (χ0v) is 15.0. The molecule has 25 heavy (non-hydrogen) atoms. The third-order valence-corrected chi connectivity index (χ3v) is 4.95. The van der Waals surface area contributed by atoms with Crippen molar-refractivity contribution in [2.75, 3.05) is 6.54 Å². The molecule has 0 radical (unpaired) electrons. The Balaban J connectivity index is 1.54.